The molecule has 1 aromatic heterocycles. The fourth-order valence-corrected chi connectivity index (χ4v) is 1.77. The van der Waals surface area contributed by atoms with Crippen LogP contribution in [0.4, 0.5) is 5.82 Å². The van der Waals surface area contributed by atoms with E-state index in [9.17, 15) is 0 Å². The van der Waals surface area contributed by atoms with Crippen molar-refractivity contribution in [2.75, 3.05) is 5.43 Å². The van der Waals surface area contributed by atoms with Gasteiger partial charge in [0.15, 0.2) is 0 Å². The maximum Gasteiger partial charge on any atom is 0.143 e. The molecule has 2 rings (SSSR count). The largest absolute Gasteiger partial charge is 0.457 e. The number of hydrogen-bond donors (Lipinski definition) is 2. The van der Waals surface area contributed by atoms with Gasteiger partial charge in [0.2, 0.25) is 0 Å². The smallest absolute Gasteiger partial charge is 0.143 e. The van der Waals surface area contributed by atoms with Crippen molar-refractivity contribution in [3.05, 3.63) is 47.7 Å². The van der Waals surface area contributed by atoms with E-state index in [4.69, 9.17) is 10.6 Å². The Kier molecular flexibility index (Phi) is 4.02. The molecule has 0 atom stereocenters. The minimum Gasteiger partial charge on any atom is -0.457 e. The van der Waals surface area contributed by atoms with Crippen LogP contribution in [0.2, 0.25) is 0 Å². The molecule has 0 aliphatic heterocycles. The zero-order valence-corrected chi connectivity index (χ0v) is 11.5. The first kappa shape index (κ1) is 13.4. The SMILES string of the molecule is Cc1ccc(C(C)C)cc1Oc1ccnc(NN)c1. The second kappa shape index (κ2) is 5.71. The van der Waals surface area contributed by atoms with Crippen LogP contribution in [0.3, 0.4) is 0 Å². The van der Waals surface area contributed by atoms with Gasteiger partial charge in [-0.15, -0.1) is 0 Å². The normalized spacial score (nSPS) is 10.6. The standard InChI is InChI=1S/C15H19N3O/c1-10(2)12-5-4-11(3)14(8-12)19-13-6-7-17-15(9-13)18-16/h4-10H,16H2,1-3H3,(H,17,18). The third kappa shape index (κ3) is 3.23. The maximum atomic E-state index is 5.91. The summed E-state index contributed by atoms with van der Waals surface area (Å²) >= 11 is 0. The molecule has 0 saturated carbocycles. The number of ether oxygens (including phenoxy) is 1. The fourth-order valence-electron chi connectivity index (χ4n) is 1.77. The summed E-state index contributed by atoms with van der Waals surface area (Å²) in [7, 11) is 0. The molecule has 100 valence electrons. The maximum absolute atomic E-state index is 5.91. The van der Waals surface area contributed by atoms with Crippen LogP contribution in [0.5, 0.6) is 11.5 Å². The van der Waals surface area contributed by atoms with Crippen LogP contribution in [0, 0.1) is 6.92 Å². The summed E-state index contributed by atoms with van der Waals surface area (Å²) in [5, 5.41) is 0. The number of hydrogen-bond acceptors (Lipinski definition) is 4. The predicted octanol–water partition coefficient (Wildman–Crippen LogP) is 3.59. The molecule has 0 bridgehead atoms. The van der Waals surface area contributed by atoms with Gasteiger partial charge in [-0.3, -0.25) is 0 Å². The summed E-state index contributed by atoms with van der Waals surface area (Å²) < 4.78 is 5.91. The summed E-state index contributed by atoms with van der Waals surface area (Å²) in [6, 6.07) is 9.86. The van der Waals surface area contributed by atoms with Gasteiger partial charge in [0, 0.05) is 12.3 Å². The number of nitrogens with zero attached hydrogens (tertiary/aromatic N) is 1. The number of hydrazine groups is 1. The second-order valence-corrected chi connectivity index (χ2v) is 4.80. The van der Waals surface area contributed by atoms with Crippen molar-refractivity contribution in [3.63, 3.8) is 0 Å². The van der Waals surface area contributed by atoms with Gasteiger partial charge in [0.05, 0.1) is 0 Å². The molecule has 4 heteroatoms. The lowest BCUT2D eigenvalue weighted by atomic mass is 10.0. The van der Waals surface area contributed by atoms with Crippen molar-refractivity contribution in [2.45, 2.75) is 26.7 Å². The van der Waals surface area contributed by atoms with Gasteiger partial charge in [-0.05, 0) is 36.1 Å². The number of nitrogen functional groups attached to an aromatic ring is 1. The molecule has 0 radical (unpaired) electrons. The number of nitrogens with two attached hydrogens (primary N) is 1. The summed E-state index contributed by atoms with van der Waals surface area (Å²) in [6.45, 7) is 6.36. The Morgan fingerprint density at radius 3 is 2.68 bits per heavy atom. The van der Waals surface area contributed by atoms with E-state index in [-0.39, 0.29) is 0 Å². The molecule has 4 nitrogen and oxygen atoms in total. The van der Waals surface area contributed by atoms with Crippen LogP contribution in [0.15, 0.2) is 36.5 Å². The van der Waals surface area contributed by atoms with E-state index < -0.39 is 0 Å². The van der Waals surface area contributed by atoms with E-state index in [1.807, 2.05) is 13.0 Å². The van der Waals surface area contributed by atoms with Crippen LogP contribution in [-0.4, -0.2) is 4.98 Å². The highest BCUT2D eigenvalue weighted by molar-refractivity contribution is 5.44. The number of aryl methyl sites for hydroxylation is 1. The van der Waals surface area contributed by atoms with E-state index >= 15 is 0 Å². The van der Waals surface area contributed by atoms with Crippen molar-refractivity contribution in [1.29, 1.82) is 0 Å². The highest BCUT2D eigenvalue weighted by Gasteiger charge is 2.06. The first-order valence-corrected chi connectivity index (χ1v) is 6.31. The van der Waals surface area contributed by atoms with Crippen molar-refractivity contribution in [3.8, 4) is 11.5 Å². The molecule has 1 heterocycles. The average Bonchev–Trinajstić information content (AvgIpc) is 2.41. The van der Waals surface area contributed by atoms with E-state index in [1.165, 1.54) is 5.56 Å². The number of nitrogens with one attached hydrogen (secondary N) is 1. The molecule has 19 heavy (non-hydrogen) atoms. The Labute approximate surface area is 113 Å². The van der Waals surface area contributed by atoms with Gasteiger partial charge in [-0.1, -0.05) is 26.0 Å². The Morgan fingerprint density at radius 1 is 1.21 bits per heavy atom. The topological polar surface area (TPSA) is 60.2 Å². The average molecular weight is 257 g/mol. The van der Waals surface area contributed by atoms with E-state index in [1.54, 1.807) is 12.3 Å². The first-order valence-electron chi connectivity index (χ1n) is 6.31. The van der Waals surface area contributed by atoms with Crippen molar-refractivity contribution < 1.29 is 4.74 Å². The van der Waals surface area contributed by atoms with E-state index in [0.717, 1.165) is 11.3 Å². The van der Waals surface area contributed by atoms with Crippen molar-refractivity contribution >= 4 is 5.82 Å². The Bertz CT molecular complexity index is 567. The monoisotopic (exact) mass is 257 g/mol. The van der Waals surface area contributed by atoms with Gasteiger partial charge >= 0.3 is 0 Å². The Morgan fingerprint density at radius 2 is 2.00 bits per heavy atom. The van der Waals surface area contributed by atoms with E-state index in [0.29, 0.717) is 17.5 Å². The quantitative estimate of drug-likeness (QED) is 0.649. The summed E-state index contributed by atoms with van der Waals surface area (Å²) in [4.78, 5) is 4.05. The van der Waals surface area contributed by atoms with Gasteiger partial charge < -0.3 is 10.2 Å². The minimum atomic E-state index is 0.474. The van der Waals surface area contributed by atoms with Crippen LogP contribution in [-0.2, 0) is 0 Å². The van der Waals surface area contributed by atoms with Gasteiger partial charge in [0.1, 0.15) is 17.3 Å². The number of aromatic nitrogens is 1. The molecule has 2 aromatic rings. The van der Waals surface area contributed by atoms with Gasteiger partial charge in [-0.25, -0.2) is 10.8 Å². The molecule has 0 unspecified atom stereocenters. The van der Waals surface area contributed by atoms with Crippen LogP contribution in [0.1, 0.15) is 30.9 Å². The van der Waals surface area contributed by atoms with Gasteiger partial charge in [-0.2, -0.15) is 0 Å². The Hall–Kier alpha value is -2.07. The fraction of sp³-hybridized carbons (Fsp3) is 0.267. The highest BCUT2D eigenvalue weighted by Crippen LogP contribution is 2.29. The third-order valence-corrected chi connectivity index (χ3v) is 2.99. The Balaban J connectivity index is 2.29. The third-order valence-electron chi connectivity index (χ3n) is 2.99. The molecule has 0 spiro atoms. The molecule has 0 amide bonds. The minimum absolute atomic E-state index is 0.474. The van der Waals surface area contributed by atoms with Crippen molar-refractivity contribution in [2.24, 2.45) is 5.84 Å². The molecular weight excluding hydrogens is 238 g/mol. The lowest BCUT2D eigenvalue weighted by Gasteiger charge is -2.13. The highest BCUT2D eigenvalue weighted by atomic mass is 16.5. The molecule has 1 aromatic carbocycles. The first-order chi connectivity index (χ1) is 9.10. The lowest BCUT2D eigenvalue weighted by Crippen LogP contribution is -2.08. The van der Waals surface area contributed by atoms with Crippen LogP contribution >= 0.6 is 0 Å². The second-order valence-electron chi connectivity index (χ2n) is 4.80. The number of pyridine rings is 1. The zero-order chi connectivity index (χ0) is 13.8. The molecule has 0 fully saturated rings. The molecule has 0 aliphatic rings. The van der Waals surface area contributed by atoms with Crippen LogP contribution < -0.4 is 16.0 Å². The molecule has 3 N–H and O–H groups in total. The summed E-state index contributed by atoms with van der Waals surface area (Å²) in [5.74, 6) is 7.97. The van der Waals surface area contributed by atoms with E-state index in [2.05, 4.69) is 42.5 Å². The van der Waals surface area contributed by atoms with Gasteiger partial charge in [0.25, 0.3) is 0 Å². The lowest BCUT2D eigenvalue weighted by molar-refractivity contribution is 0.477. The predicted molar refractivity (Wildman–Crippen MR) is 77.4 cm³/mol. The molecular formula is C15H19N3O. The summed E-state index contributed by atoms with van der Waals surface area (Å²) in [5.41, 5.74) is 4.86. The molecule has 0 saturated heterocycles. The number of anilines is 1. The number of rotatable bonds is 4. The zero-order valence-electron chi connectivity index (χ0n) is 11.5. The number of benzene rings is 1. The molecule has 0 aliphatic carbocycles. The summed E-state index contributed by atoms with van der Waals surface area (Å²) in [6.07, 6.45) is 1.66. The van der Waals surface area contributed by atoms with Crippen LogP contribution in [0.25, 0.3) is 0 Å². The van der Waals surface area contributed by atoms with Crippen molar-refractivity contribution in [1.82, 2.24) is 4.98 Å².